The fourth-order valence-corrected chi connectivity index (χ4v) is 2.04. The van der Waals surface area contributed by atoms with Crippen molar-refractivity contribution in [1.82, 2.24) is 0 Å². The van der Waals surface area contributed by atoms with Gasteiger partial charge in [-0.3, -0.25) is 4.79 Å². The maximum Gasteiger partial charge on any atom is 0.262 e. The van der Waals surface area contributed by atoms with Gasteiger partial charge in [0.2, 0.25) is 0 Å². The Bertz CT molecular complexity index is 660. The molecule has 3 nitrogen and oxygen atoms in total. The van der Waals surface area contributed by atoms with Crippen molar-refractivity contribution in [1.29, 1.82) is 0 Å². The molecule has 0 saturated heterocycles. The predicted molar refractivity (Wildman–Crippen MR) is 76.9 cm³/mol. The second kappa shape index (κ2) is 6.74. The summed E-state index contributed by atoms with van der Waals surface area (Å²) in [6, 6.07) is 7.46. The number of halogens is 4. The molecular formula is C14H9Cl2F2NO2. The van der Waals surface area contributed by atoms with Crippen molar-refractivity contribution < 1.29 is 18.3 Å². The second-order valence-electron chi connectivity index (χ2n) is 4.01. The molecule has 2 rings (SSSR count). The van der Waals surface area contributed by atoms with Crippen LogP contribution in [0.4, 0.5) is 14.5 Å². The standard InChI is InChI=1S/C14H9Cl2F2NO2/c15-9-2-1-3-10(16)14(9)21-7-13(20)19-12-6-8(17)4-5-11(12)18/h1-6H,7H2,(H,19,20). The van der Waals surface area contributed by atoms with Crippen molar-refractivity contribution in [2.75, 3.05) is 11.9 Å². The molecule has 2 aromatic carbocycles. The molecule has 0 aromatic heterocycles. The lowest BCUT2D eigenvalue weighted by Gasteiger charge is -2.10. The molecule has 0 bridgehead atoms. The summed E-state index contributed by atoms with van der Waals surface area (Å²) in [7, 11) is 0. The molecule has 0 heterocycles. The van der Waals surface area contributed by atoms with Crippen LogP contribution in [0.1, 0.15) is 0 Å². The quantitative estimate of drug-likeness (QED) is 0.907. The lowest BCUT2D eigenvalue weighted by molar-refractivity contribution is -0.118. The molecule has 0 aliphatic heterocycles. The van der Waals surface area contributed by atoms with Crippen molar-refractivity contribution in [2.45, 2.75) is 0 Å². The minimum absolute atomic E-state index is 0.149. The Hall–Kier alpha value is -1.85. The summed E-state index contributed by atoms with van der Waals surface area (Å²) in [6.07, 6.45) is 0. The number of benzene rings is 2. The highest BCUT2D eigenvalue weighted by Crippen LogP contribution is 2.32. The molecule has 0 spiro atoms. The van der Waals surface area contributed by atoms with Crippen LogP contribution in [0.15, 0.2) is 36.4 Å². The van der Waals surface area contributed by atoms with E-state index < -0.39 is 24.1 Å². The molecule has 0 aliphatic carbocycles. The number of hydrogen-bond donors (Lipinski definition) is 1. The summed E-state index contributed by atoms with van der Waals surface area (Å²) < 4.78 is 31.5. The zero-order valence-electron chi connectivity index (χ0n) is 10.5. The van der Waals surface area contributed by atoms with Gasteiger partial charge in [-0.25, -0.2) is 8.78 Å². The molecule has 0 radical (unpaired) electrons. The van der Waals surface area contributed by atoms with Crippen molar-refractivity contribution in [3.8, 4) is 5.75 Å². The molecular weight excluding hydrogens is 323 g/mol. The highest BCUT2D eigenvalue weighted by Gasteiger charge is 2.12. The Morgan fingerprint density at radius 1 is 1.14 bits per heavy atom. The van der Waals surface area contributed by atoms with Gasteiger partial charge in [-0.05, 0) is 24.3 Å². The average Bonchev–Trinajstić information content (AvgIpc) is 2.42. The van der Waals surface area contributed by atoms with E-state index in [1.807, 2.05) is 0 Å². The molecule has 0 unspecified atom stereocenters. The lowest BCUT2D eigenvalue weighted by Crippen LogP contribution is -2.21. The molecule has 2 aromatic rings. The van der Waals surface area contributed by atoms with Crippen molar-refractivity contribution in [2.24, 2.45) is 0 Å². The van der Waals surface area contributed by atoms with Gasteiger partial charge in [-0.1, -0.05) is 29.3 Å². The molecule has 0 aliphatic rings. The molecule has 21 heavy (non-hydrogen) atoms. The molecule has 1 amide bonds. The minimum Gasteiger partial charge on any atom is -0.481 e. The number of nitrogens with one attached hydrogen (secondary N) is 1. The van der Waals surface area contributed by atoms with E-state index in [9.17, 15) is 13.6 Å². The Balaban J connectivity index is 2.01. The van der Waals surface area contributed by atoms with Crippen molar-refractivity contribution in [3.63, 3.8) is 0 Å². The zero-order valence-corrected chi connectivity index (χ0v) is 12.0. The normalized spacial score (nSPS) is 10.3. The summed E-state index contributed by atoms with van der Waals surface area (Å²) in [6.45, 7) is -0.445. The van der Waals surface area contributed by atoms with Gasteiger partial charge < -0.3 is 10.1 Å². The molecule has 0 saturated carbocycles. The first-order valence-electron chi connectivity index (χ1n) is 5.79. The van der Waals surface area contributed by atoms with Gasteiger partial charge in [-0.2, -0.15) is 0 Å². The van der Waals surface area contributed by atoms with Crippen LogP contribution >= 0.6 is 23.2 Å². The van der Waals surface area contributed by atoms with Gasteiger partial charge in [0, 0.05) is 6.07 Å². The van der Waals surface area contributed by atoms with Crippen LogP contribution in [0.5, 0.6) is 5.75 Å². The molecule has 1 N–H and O–H groups in total. The van der Waals surface area contributed by atoms with Gasteiger partial charge in [0.05, 0.1) is 15.7 Å². The smallest absolute Gasteiger partial charge is 0.262 e. The molecule has 0 atom stereocenters. The highest BCUT2D eigenvalue weighted by atomic mass is 35.5. The maximum absolute atomic E-state index is 13.4. The largest absolute Gasteiger partial charge is 0.481 e. The Morgan fingerprint density at radius 2 is 1.81 bits per heavy atom. The van der Waals surface area contributed by atoms with Crippen LogP contribution in [-0.2, 0) is 4.79 Å². The topological polar surface area (TPSA) is 38.3 Å². The van der Waals surface area contributed by atoms with E-state index in [0.717, 1.165) is 18.2 Å². The highest BCUT2D eigenvalue weighted by molar-refractivity contribution is 6.37. The molecule has 7 heteroatoms. The van der Waals surface area contributed by atoms with Crippen molar-refractivity contribution in [3.05, 3.63) is 58.1 Å². The van der Waals surface area contributed by atoms with Gasteiger partial charge in [0.15, 0.2) is 12.4 Å². The van der Waals surface area contributed by atoms with E-state index in [4.69, 9.17) is 27.9 Å². The summed E-state index contributed by atoms with van der Waals surface area (Å²) >= 11 is 11.7. The summed E-state index contributed by atoms with van der Waals surface area (Å²) in [5, 5.41) is 2.68. The Kier molecular flexibility index (Phi) is 4.98. The maximum atomic E-state index is 13.4. The number of rotatable bonds is 4. The van der Waals surface area contributed by atoms with Crippen LogP contribution in [0.25, 0.3) is 0 Å². The van der Waals surface area contributed by atoms with Crippen LogP contribution in [0.2, 0.25) is 10.0 Å². The van der Waals surface area contributed by atoms with E-state index in [1.165, 1.54) is 0 Å². The molecule has 0 fully saturated rings. The van der Waals surface area contributed by atoms with E-state index in [2.05, 4.69) is 5.32 Å². The van der Waals surface area contributed by atoms with Crippen LogP contribution in [0, 0.1) is 11.6 Å². The first kappa shape index (κ1) is 15.5. The third-order valence-electron chi connectivity index (χ3n) is 2.47. The van der Waals surface area contributed by atoms with E-state index >= 15 is 0 Å². The first-order valence-corrected chi connectivity index (χ1v) is 6.54. The number of anilines is 1. The summed E-state index contributed by atoms with van der Waals surface area (Å²) in [4.78, 5) is 11.7. The monoisotopic (exact) mass is 331 g/mol. The van der Waals surface area contributed by atoms with E-state index in [1.54, 1.807) is 18.2 Å². The zero-order chi connectivity index (χ0) is 15.4. The fourth-order valence-electron chi connectivity index (χ4n) is 1.54. The minimum atomic E-state index is -0.750. The second-order valence-corrected chi connectivity index (χ2v) is 4.83. The van der Waals surface area contributed by atoms with Gasteiger partial charge >= 0.3 is 0 Å². The number of hydrogen-bond acceptors (Lipinski definition) is 2. The van der Waals surface area contributed by atoms with Gasteiger partial charge in [-0.15, -0.1) is 0 Å². The number of carbonyl (C=O) groups excluding carboxylic acids is 1. The molecule has 110 valence electrons. The van der Waals surface area contributed by atoms with Crippen molar-refractivity contribution >= 4 is 34.8 Å². The number of para-hydroxylation sites is 1. The number of ether oxygens (including phenoxy) is 1. The SMILES string of the molecule is O=C(COc1c(Cl)cccc1Cl)Nc1cc(F)ccc1F. The van der Waals surface area contributed by atoms with Gasteiger partial charge in [0.1, 0.15) is 11.6 Å². The fraction of sp³-hybridized carbons (Fsp3) is 0.0714. The lowest BCUT2D eigenvalue weighted by atomic mass is 10.3. The van der Waals surface area contributed by atoms with Crippen LogP contribution in [0.3, 0.4) is 0 Å². The van der Waals surface area contributed by atoms with Crippen LogP contribution in [-0.4, -0.2) is 12.5 Å². The summed E-state index contributed by atoms with van der Waals surface area (Å²) in [5.74, 6) is -1.94. The van der Waals surface area contributed by atoms with Crippen LogP contribution < -0.4 is 10.1 Å². The van der Waals surface area contributed by atoms with E-state index in [-0.39, 0.29) is 21.5 Å². The first-order chi connectivity index (χ1) is 9.97. The Labute approximate surface area is 129 Å². The van der Waals surface area contributed by atoms with Gasteiger partial charge in [0.25, 0.3) is 5.91 Å². The number of carbonyl (C=O) groups is 1. The third-order valence-corrected chi connectivity index (χ3v) is 3.06. The predicted octanol–water partition coefficient (Wildman–Crippen LogP) is 4.29. The van der Waals surface area contributed by atoms with E-state index in [0.29, 0.717) is 0 Å². The third kappa shape index (κ3) is 4.06. The average molecular weight is 332 g/mol. The summed E-state index contributed by atoms with van der Waals surface area (Å²) in [5.41, 5.74) is -0.270. The number of amides is 1. The Morgan fingerprint density at radius 3 is 2.48 bits per heavy atom.